The third-order valence-corrected chi connectivity index (χ3v) is 2.10. The fourth-order valence-electron chi connectivity index (χ4n) is 1.28. The first-order valence-electron chi connectivity index (χ1n) is 4.13. The van der Waals surface area contributed by atoms with Gasteiger partial charge in [-0.3, -0.25) is 0 Å². The predicted octanol–water partition coefficient (Wildman–Crippen LogP) is 3.01. The van der Waals surface area contributed by atoms with Gasteiger partial charge in [-0.1, -0.05) is 0 Å². The van der Waals surface area contributed by atoms with Crippen molar-refractivity contribution in [1.29, 1.82) is 0 Å². The molecule has 13 heavy (non-hydrogen) atoms. The minimum Gasteiger partial charge on any atom is -0.461 e. The Hall–Kier alpha value is -1.09. The van der Waals surface area contributed by atoms with Gasteiger partial charge >= 0.3 is 0 Å². The smallest absolute Gasteiger partial charge is 0.172 e. The molecule has 2 aromatic heterocycles. The quantitative estimate of drug-likeness (QED) is 0.760. The summed E-state index contributed by atoms with van der Waals surface area (Å²) in [7, 11) is 0. The van der Waals surface area contributed by atoms with Gasteiger partial charge in [0, 0.05) is 5.56 Å². The molecule has 2 nitrogen and oxygen atoms in total. The van der Waals surface area contributed by atoms with Gasteiger partial charge in [-0.25, -0.2) is 0 Å². The van der Waals surface area contributed by atoms with Crippen LogP contribution in [0, 0.1) is 0 Å². The van der Waals surface area contributed by atoms with Crippen LogP contribution in [0.2, 0.25) is 0 Å². The summed E-state index contributed by atoms with van der Waals surface area (Å²) in [4.78, 5) is 0. The molecule has 0 unspecified atom stereocenters. The van der Waals surface area contributed by atoms with Crippen molar-refractivity contribution in [3.63, 3.8) is 0 Å². The van der Waals surface area contributed by atoms with Crippen molar-refractivity contribution >= 4 is 12.6 Å². The molecule has 3 heteroatoms. The van der Waals surface area contributed by atoms with Gasteiger partial charge in [0.2, 0.25) is 0 Å². The summed E-state index contributed by atoms with van der Waals surface area (Å²) in [5, 5.41) is 0. The molecule has 2 aromatic rings. The molecule has 0 aliphatic rings. The number of rotatable bonds is 3. The lowest BCUT2D eigenvalue weighted by Crippen LogP contribution is -1.85. The van der Waals surface area contributed by atoms with Crippen molar-refractivity contribution in [3.05, 3.63) is 36.3 Å². The van der Waals surface area contributed by atoms with Crippen LogP contribution in [-0.2, 0) is 6.42 Å². The Kier molecular flexibility index (Phi) is 2.45. The van der Waals surface area contributed by atoms with Crippen LogP contribution in [0.1, 0.15) is 5.56 Å². The van der Waals surface area contributed by atoms with Crippen molar-refractivity contribution < 1.29 is 8.83 Å². The minimum atomic E-state index is 0.779. The van der Waals surface area contributed by atoms with E-state index >= 15 is 0 Å². The lowest BCUT2D eigenvalue weighted by Gasteiger charge is -1.95. The molecule has 2 rings (SSSR count). The normalized spacial score (nSPS) is 10.5. The summed E-state index contributed by atoms with van der Waals surface area (Å²) in [5.74, 6) is 2.41. The second-order valence-electron chi connectivity index (χ2n) is 2.73. The highest BCUT2D eigenvalue weighted by Gasteiger charge is 2.09. The van der Waals surface area contributed by atoms with Crippen LogP contribution in [0.15, 0.2) is 39.6 Å². The molecule has 0 N–H and O–H groups in total. The maximum atomic E-state index is 5.33. The number of furan rings is 2. The van der Waals surface area contributed by atoms with Crippen LogP contribution >= 0.6 is 12.6 Å². The first-order chi connectivity index (χ1) is 6.42. The Bertz CT molecular complexity index is 362. The molecule has 0 amide bonds. The van der Waals surface area contributed by atoms with E-state index in [4.69, 9.17) is 8.83 Å². The maximum Gasteiger partial charge on any atom is 0.172 e. The van der Waals surface area contributed by atoms with Gasteiger partial charge in [0.25, 0.3) is 0 Å². The average Bonchev–Trinajstić information content (AvgIpc) is 2.71. The molecule has 0 aliphatic carbocycles. The summed E-state index contributed by atoms with van der Waals surface area (Å²) >= 11 is 4.18. The fraction of sp³-hybridized carbons (Fsp3) is 0.200. The molecular weight excluding hydrogens is 184 g/mol. The Morgan fingerprint density at radius 2 is 2.08 bits per heavy atom. The standard InChI is InChI=1S/C10H10O2S/c13-7-4-8-3-6-12-10(8)9-2-1-5-11-9/h1-3,5-6,13H,4,7H2. The fourth-order valence-corrected chi connectivity index (χ4v) is 1.52. The van der Waals surface area contributed by atoms with E-state index in [1.165, 1.54) is 0 Å². The van der Waals surface area contributed by atoms with Crippen LogP contribution in [0.3, 0.4) is 0 Å². The average molecular weight is 194 g/mol. The zero-order chi connectivity index (χ0) is 9.10. The zero-order valence-corrected chi connectivity index (χ0v) is 7.96. The second-order valence-corrected chi connectivity index (χ2v) is 3.17. The summed E-state index contributed by atoms with van der Waals surface area (Å²) in [6.07, 6.45) is 4.22. The van der Waals surface area contributed by atoms with E-state index in [0.29, 0.717) is 0 Å². The first kappa shape index (κ1) is 8.51. The first-order valence-corrected chi connectivity index (χ1v) is 4.76. The van der Waals surface area contributed by atoms with Crippen molar-refractivity contribution in [1.82, 2.24) is 0 Å². The van der Waals surface area contributed by atoms with Crippen molar-refractivity contribution in [2.24, 2.45) is 0 Å². The zero-order valence-electron chi connectivity index (χ0n) is 7.06. The highest BCUT2D eigenvalue weighted by atomic mass is 32.1. The molecule has 0 radical (unpaired) electrons. The van der Waals surface area contributed by atoms with Crippen LogP contribution in [0.4, 0.5) is 0 Å². The van der Waals surface area contributed by atoms with E-state index in [0.717, 1.165) is 29.3 Å². The summed E-state index contributed by atoms with van der Waals surface area (Å²) in [5.41, 5.74) is 1.14. The summed E-state index contributed by atoms with van der Waals surface area (Å²) in [6, 6.07) is 5.69. The predicted molar refractivity (Wildman–Crippen MR) is 54.0 cm³/mol. The van der Waals surface area contributed by atoms with E-state index in [1.54, 1.807) is 12.5 Å². The molecule has 68 valence electrons. The number of hydrogen-bond donors (Lipinski definition) is 1. The van der Waals surface area contributed by atoms with Crippen LogP contribution in [0.25, 0.3) is 11.5 Å². The Labute approximate surface area is 82.0 Å². The summed E-state index contributed by atoms with van der Waals surface area (Å²) in [6.45, 7) is 0. The van der Waals surface area contributed by atoms with E-state index < -0.39 is 0 Å². The summed E-state index contributed by atoms with van der Waals surface area (Å²) < 4.78 is 10.6. The van der Waals surface area contributed by atoms with E-state index in [1.807, 2.05) is 18.2 Å². The van der Waals surface area contributed by atoms with Gasteiger partial charge < -0.3 is 8.83 Å². The number of thiol groups is 1. The van der Waals surface area contributed by atoms with Crippen LogP contribution < -0.4 is 0 Å². The third kappa shape index (κ3) is 1.65. The Balaban J connectivity index is 2.35. The van der Waals surface area contributed by atoms with Gasteiger partial charge in [-0.15, -0.1) is 0 Å². The van der Waals surface area contributed by atoms with Crippen molar-refractivity contribution in [2.45, 2.75) is 6.42 Å². The Morgan fingerprint density at radius 3 is 2.77 bits per heavy atom. The molecule has 0 saturated heterocycles. The highest BCUT2D eigenvalue weighted by molar-refractivity contribution is 7.80. The minimum absolute atomic E-state index is 0.779. The molecule has 2 heterocycles. The maximum absolute atomic E-state index is 5.33. The highest BCUT2D eigenvalue weighted by Crippen LogP contribution is 2.25. The van der Waals surface area contributed by atoms with Gasteiger partial charge in [0.15, 0.2) is 11.5 Å². The SMILES string of the molecule is SCCc1ccoc1-c1ccco1. The molecule has 0 aliphatic heterocycles. The monoisotopic (exact) mass is 194 g/mol. The largest absolute Gasteiger partial charge is 0.461 e. The third-order valence-electron chi connectivity index (χ3n) is 1.87. The van der Waals surface area contributed by atoms with Gasteiger partial charge in [-0.05, 0) is 30.4 Å². The Morgan fingerprint density at radius 1 is 1.15 bits per heavy atom. The number of hydrogen-bond acceptors (Lipinski definition) is 3. The van der Waals surface area contributed by atoms with E-state index in [-0.39, 0.29) is 0 Å². The topological polar surface area (TPSA) is 26.3 Å². The number of aryl methyl sites for hydroxylation is 1. The molecular formula is C10H10O2S. The molecule has 0 spiro atoms. The van der Waals surface area contributed by atoms with Gasteiger partial charge in [-0.2, -0.15) is 12.6 Å². The lowest BCUT2D eigenvalue weighted by molar-refractivity contribution is 0.522. The van der Waals surface area contributed by atoms with Crippen molar-refractivity contribution in [2.75, 3.05) is 5.75 Å². The van der Waals surface area contributed by atoms with E-state index in [2.05, 4.69) is 12.6 Å². The lowest BCUT2D eigenvalue weighted by atomic mass is 10.2. The second kappa shape index (κ2) is 3.75. The van der Waals surface area contributed by atoms with Gasteiger partial charge in [0.1, 0.15) is 0 Å². The van der Waals surface area contributed by atoms with Crippen LogP contribution in [-0.4, -0.2) is 5.75 Å². The van der Waals surface area contributed by atoms with Gasteiger partial charge in [0.05, 0.1) is 12.5 Å². The van der Waals surface area contributed by atoms with Crippen LogP contribution in [0.5, 0.6) is 0 Å². The molecule has 0 fully saturated rings. The van der Waals surface area contributed by atoms with E-state index in [9.17, 15) is 0 Å². The molecule has 0 atom stereocenters. The van der Waals surface area contributed by atoms with Crippen molar-refractivity contribution in [3.8, 4) is 11.5 Å². The molecule has 0 bridgehead atoms. The molecule has 0 saturated carbocycles. The molecule has 0 aromatic carbocycles.